The van der Waals surface area contributed by atoms with Crippen molar-refractivity contribution < 1.29 is 9.53 Å². The summed E-state index contributed by atoms with van der Waals surface area (Å²) in [5.74, 6) is 1.22. The highest BCUT2D eigenvalue weighted by molar-refractivity contribution is 8.01. The van der Waals surface area contributed by atoms with Crippen molar-refractivity contribution in [1.82, 2.24) is 15.5 Å². The van der Waals surface area contributed by atoms with Gasteiger partial charge in [-0.25, -0.2) is 0 Å². The second-order valence-corrected chi connectivity index (χ2v) is 7.06. The van der Waals surface area contributed by atoms with E-state index in [4.69, 9.17) is 4.74 Å². The molecule has 0 atom stereocenters. The molecule has 1 fully saturated rings. The van der Waals surface area contributed by atoms with Crippen molar-refractivity contribution in [3.8, 4) is 5.75 Å². The van der Waals surface area contributed by atoms with Crippen LogP contribution < -0.4 is 15.4 Å². The van der Waals surface area contributed by atoms with Crippen LogP contribution >= 0.6 is 23.1 Å². The van der Waals surface area contributed by atoms with Gasteiger partial charge in [-0.2, -0.15) is 0 Å². The predicted octanol–water partition coefficient (Wildman–Crippen LogP) is 2.66. The Morgan fingerprint density at radius 3 is 3.09 bits per heavy atom. The van der Waals surface area contributed by atoms with Gasteiger partial charge >= 0.3 is 0 Å². The zero-order chi connectivity index (χ0) is 15.4. The summed E-state index contributed by atoms with van der Waals surface area (Å²) in [6, 6.07) is 8.00. The lowest BCUT2D eigenvalue weighted by atomic mass is 10.3. The first-order valence-corrected chi connectivity index (χ1v) is 8.70. The molecule has 3 rings (SSSR count). The number of rotatable bonds is 7. The third-order valence-corrected chi connectivity index (χ3v) is 4.97. The number of nitrogens with one attached hydrogen (secondary N) is 2. The van der Waals surface area contributed by atoms with Gasteiger partial charge in [0, 0.05) is 17.8 Å². The average Bonchev–Trinajstić information content (AvgIpc) is 3.23. The zero-order valence-corrected chi connectivity index (χ0v) is 13.7. The van der Waals surface area contributed by atoms with Gasteiger partial charge in [-0.3, -0.25) is 4.79 Å². The topological polar surface area (TPSA) is 76.1 Å². The molecule has 0 radical (unpaired) electrons. The van der Waals surface area contributed by atoms with Gasteiger partial charge in [0.1, 0.15) is 5.75 Å². The van der Waals surface area contributed by atoms with Gasteiger partial charge in [0.05, 0.1) is 12.9 Å². The first-order chi connectivity index (χ1) is 10.7. The Kier molecular flexibility index (Phi) is 4.79. The van der Waals surface area contributed by atoms with E-state index in [0.29, 0.717) is 16.9 Å². The molecule has 1 saturated carbocycles. The summed E-state index contributed by atoms with van der Waals surface area (Å²) in [5, 5.41) is 15.0. The summed E-state index contributed by atoms with van der Waals surface area (Å²) < 4.78 is 5.95. The Morgan fingerprint density at radius 1 is 1.45 bits per heavy atom. The molecule has 1 aromatic heterocycles. The van der Waals surface area contributed by atoms with Crippen molar-refractivity contribution in [3.63, 3.8) is 0 Å². The Balaban J connectivity index is 1.52. The minimum atomic E-state index is 0.0602. The van der Waals surface area contributed by atoms with Crippen LogP contribution in [0.5, 0.6) is 5.75 Å². The summed E-state index contributed by atoms with van der Waals surface area (Å²) in [5.41, 5.74) is 0.888. The molecule has 2 aromatic rings. The largest absolute Gasteiger partial charge is 0.497 e. The molecule has 1 heterocycles. The van der Waals surface area contributed by atoms with Crippen LogP contribution in [0.25, 0.3) is 0 Å². The number of carbonyl (C=O) groups is 1. The van der Waals surface area contributed by atoms with Crippen LogP contribution in [0.15, 0.2) is 28.6 Å². The number of thioether (sulfide) groups is 1. The number of amides is 1. The fourth-order valence-corrected chi connectivity index (χ4v) is 3.35. The van der Waals surface area contributed by atoms with Gasteiger partial charge < -0.3 is 15.4 Å². The number of ether oxygens (including phenoxy) is 1. The van der Waals surface area contributed by atoms with Crippen LogP contribution in [-0.2, 0) is 4.79 Å². The quantitative estimate of drug-likeness (QED) is 0.757. The lowest BCUT2D eigenvalue weighted by Gasteiger charge is -2.04. The van der Waals surface area contributed by atoms with E-state index in [1.165, 1.54) is 23.1 Å². The van der Waals surface area contributed by atoms with E-state index in [0.717, 1.165) is 28.6 Å². The Labute approximate surface area is 136 Å². The SMILES string of the molecule is COc1cccc(Nc2nnc(SCC(=O)NC3CC3)s2)c1. The minimum absolute atomic E-state index is 0.0602. The maximum absolute atomic E-state index is 11.6. The van der Waals surface area contributed by atoms with Crippen molar-refractivity contribution >= 4 is 39.8 Å². The Hall–Kier alpha value is -1.80. The average molecular weight is 336 g/mol. The monoisotopic (exact) mass is 336 g/mol. The smallest absolute Gasteiger partial charge is 0.230 e. The van der Waals surface area contributed by atoms with E-state index in [1.807, 2.05) is 24.3 Å². The number of benzene rings is 1. The highest BCUT2D eigenvalue weighted by atomic mass is 32.2. The van der Waals surface area contributed by atoms with E-state index in [2.05, 4.69) is 20.8 Å². The fourth-order valence-electron chi connectivity index (χ4n) is 1.77. The zero-order valence-electron chi connectivity index (χ0n) is 12.0. The molecule has 0 unspecified atom stereocenters. The molecular formula is C14H16N4O2S2. The number of carbonyl (C=O) groups excluding carboxylic acids is 1. The highest BCUT2D eigenvalue weighted by Gasteiger charge is 2.23. The summed E-state index contributed by atoms with van der Waals surface area (Å²) in [7, 11) is 1.63. The number of aromatic nitrogens is 2. The maximum Gasteiger partial charge on any atom is 0.230 e. The summed E-state index contributed by atoms with van der Waals surface area (Å²) in [6.07, 6.45) is 2.20. The molecular weight excluding hydrogens is 320 g/mol. The standard InChI is InChI=1S/C14H16N4O2S2/c1-20-11-4-2-3-10(7-11)16-13-17-18-14(22-13)21-8-12(19)15-9-5-6-9/h2-4,7,9H,5-6,8H2,1H3,(H,15,19)(H,16,17). The van der Waals surface area contributed by atoms with Gasteiger partial charge in [0.15, 0.2) is 4.34 Å². The van der Waals surface area contributed by atoms with E-state index in [1.54, 1.807) is 7.11 Å². The molecule has 22 heavy (non-hydrogen) atoms. The molecule has 0 bridgehead atoms. The van der Waals surface area contributed by atoms with Crippen LogP contribution in [-0.4, -0.2) is 35.0 Å². The molecule has 0 saturated heterocycles. The van der Waals surface area contributed by atoms with Gasteiger partial charge in [0.2, 0.25) is 11.0 Å². The van der Waals surface area contributed by atoms with Crippen LogP contribution in [0.2, 0.25) is 0 Å². The Morgan fingerprint density at radius 2 is 2.32 bits per heavy atom. The fraction of sp³-hybridized carbons (Fsp3) is 0.357. The number of nitrogens with zero attached hydrogens (tertiary/aromatic N) is 2. The number of anilines is 2. The van der Waals surface area contributed by atoms with Gasteiger partial charge in [-0.05, 0) is 25.0 Å². The van der Waals surface area contributed by atoms with Crippen molar-refractivity contribution in [2.75, 3.05) is 18.2 Å². The molecule has 8 heteroatoms. The molecule has 1 aromatic carbocycles. The van der Waals surface area contributed by atoms with Crippen molar-refractivity contribution in [1.29, 1.82) is 0 Å². The van der Waals surface area contributed by atoms with Gasteiger partial charge in [-0.15, -0.1) is 10.2 Å². The number of hydrogen-bond donors (Lipinski definition) is 2. The molecule has 1 amide bonds. The van der Waals surface area contributed by atoms with Crippen LogP contribution in [0.3, 0.4) is 0 Å². The third kappa shape index (κ3) is 4.35. The number of methoxy groups -OCH3 is 1. The van der Waals surface area contributed by atoms with E-state index < -0.39 is 0 Å². The van der Waals surface area contributed by atoms with Crippen molar-refractivity contribution in [2.24, 2.45) is 0 Å². The Bertz CT molecular complexity index is 658. The molecule has 1 aliphatic rings. The predicted molar refractivity (Wildman–Crippen MR) is 88.1 cm³/mol. The highest BCUT2D eigenvalue weighted by Crippen LogP contribution is 2.28. The summed E-state index contributed by atoms with van der Waals surface area (Å²) in [4.78, 5) is 11.6. The lowest BCUT2D eigenvalue weighted by molar-refractivity contribution is -0.118. The van der Waals surface area contributed by atoms with E-state index >= 15 is 0 Å². The van der Waals surface area contributed by atoms with E-state index in [-0.39, 0.29) is 5.91 Å². The van der Waals surface area contributed by atoms with Gasteiger partial charge in [-0.1, -0.05) is 29.2 Å². The first kappa shape index (κ1) is 15.1. The van der Waals surface area contributed by atoms with Crippen LogP contribution in [0, 0.1) is 0 Å². The molecule has 116 valence electrons. The molecule has 1 aliphatic carbocycles. The normalized spacial score (nSPS) is 13.7. The summed E-state index contributed by atoms with van der Waals surface area (Å²) in [6.45, 7) is 0. The molecule has 6 nitrogen and oxygen atoms in total. The van der Waals surface area contributed by atoms with Crippen LogP contribution in [0.4, 0.5) is 10.8 Å². The van der Waals surface area contributed by atoms with Crippen molar-refractivity contribution in [3.05, 3.63) is 24.3 Å². The molecule has 0 aliphatic heterocycles. The molecule has 2 N–H and O–H groups in total. The third-order valence-electron chi connectivity index (χ3n) is 3.00. The first-order valence-electron chi connectivity index (χ1n) is 6.89. The maximum atomic E-state index is 11.6. The van der Waals surface area contributed by atoms with E-state index in [9.17, 15) is 4.79 Å². The van der Waals surface area contributed by atoms with Crippen molar-refractivity contribution in [2.45, 2.75) is 23.2 Å². The lowest BCUT2D eigenvalue weighted by Crippen LogP contribution is -2.26. The van der Waals surface area contributed by atoms with Gasteiger partial charge in [0.25, 0.3) is 0 Å². The second-order valence-electron chi connectivity index (χ2n) is 4.86. The molecule has 0 spiro atoms. The minimum Gasteiger partial charge on any atom is -0.497 e. The second kappa shape index (κ2) is 6.97. The van der Waals surface area contributed by atoms with Crippen LogP contribution in [0.1, 0.15) is 12.8 Å². The summed E-state index contributed by atoms with van der Waals surface area (Å²) >= 11 is 2.83. The number of hydrogen-bond acceptors (Lipinski definition) is 7.